The highest BCUT2D eigenvalue weighted by Gasteiger charge is 2.21. The molecule has 0 unspecified atom stereocenters. The smallest absolute Gasteiger partial charge is 0.307 e. The third kappa shape index (κ3) is 4.65. The van der Waals surface area contributed by atoms with Gasteiger partial charge in [0.25, 0.3) is 5.89 Å². The number of halogens is 2. The van der Waals surface area contributed by atoms with Crippen LogP contribution in [-0.4, -0.2) is 42.4 Å². The topological polar surface area (TPSA) is 131 Å². The lowest BCUT2D eigenvalue weighted by Crippen LogP contribution is -2.31. The number of carbonyl (C=O) groups excluding carboxylic acids is 1. The standard InChI is InChI=1S/C20H17BrFN7O3/c1-29-16(5-6-24-29)27-20-23-8-13(22)17(28-20)15-10-32-19(26-15)18(31)25-14(9-30)11-3-2-4-12(21)7-11/h2-8,10,14,30H,9H2,1H3,(H,25,31)(H,23,27,28)/t14-/m1/s1. The number of oxazole rings is 1. The number of benzene rings is 1. The summed E-state index contributed by atoms with van der Waals surface area (Å²) in [4.78, 5) is 24.7. The van der Waals surface area contributed by atoms with Crippen LogP contribution in [0.4, 0.5) is 16.2 Å². The molecule has 4 rings (SSSR count). The number of anilines is 2. The molecule has 0 radical (unpaired) electrons. The molecule has 3 heterocycles. The van der Waals surface area contributed by atoms with E-state index < -0.39 is 17.8 Å². The zero-order valence-electron chi connectivity index (χ0n) is 16.7. The van der Waals surface area contributed by atoms with Crippen molar-refractivity contribution in [3.63, 3.8) is 0 Å². The Morgan fingerprint density at radius 2 is 2.19 bits per heavy atom. The second kappa shape index (κ2) is 9.24. The summed E-state index contributed by atoms with van der Waals surface area (Å²) in [6, 6.07) is 8.17. The Hall–Kier alpha value is -3.64. The summed E-state index contributed by atoms with van der Waals surface area (Å²) in [6.07, 6.45) is 3.70. The van der Waals surface area contributed by atoms with E-state index in [2.05, 4.69) is 46.6 Å². The molecular formula is C20H17BrFN7O3. The Kier molecular flexibility index (Phi) is 6.23. The van der Waals surface area contributed by atoms with Crippen LogP contribution in [0.3, 0.4) is 0 Å². The van der Waals surface area contributed by atoms with Gasteiger partial charge in [-0.25, -0.2) is 19.3 Å². The summed E-state index contributed by atoms with van der Waals surface area (Å²) >= 11 is 3.35. The second-order valence-corrected chi connectivity index (χ2v) is 7.57. The molecule has 3 N–H and O–H groups in total. The number of rotatable bonds is 7. The van der Waals surface area contributed by atoms with Gasteiger partial charge in [-0.1, -0.05) is 28.1 Å². The maximum atomic E-state index is 14.4. The number of amides is 1. The van der Waals surface area contributed by atoms with Crippen LogP contribution in [0.5, 0.6) is 0 Å². The van der Waals surface area contributed by atoms with Gasteiger partial charge in [0.1, 0.15) is 23.5 Å². The fraction of sp³-hybridized carbons (Fsp3) is 0.150. The van der Waals surface area contributed by atoms with Crippen molar-refractivity contribution in [1.82, 2.24) is 30.0 Å². The Morgan fingerprint density at radius 3 is 2.91 bits per heavy atom. The third-order valence-electron chi connectivity index (χ3n) is 4.48. The predicted molar refractivity (Wildman–Crippen MR) is 115 cm³/mol. The summed E-state index contributed by atoms with van der Waals surface area (Å²) in [5.74, 6) is -0.979. The molecule has 0 aliphatic rings. The molecule has 0 aliphatic carbocycles. The van der Waals surface area contributed by atoms with Crippen LogP contribution in [0.25, 0.3) is 11.4 Å². The van der Waals surface area contributed by atoms with Gasteiger partial charge in [-0.3, -0.25) is 9.48 Å². The summed E-state index contributed by atoms with van der Waals surface area (Å²) in [7, 11) is 1.73. The molecular weight excluding hydrogens is 485 g/mol. The molecule has 3 aromatic heterocycles. The number of aryl methyl sites for hydroxylation is 1. The highest BCUT2D eigenvalue weighted by atomic mass is 79.9. The van der Waals surface area contributed by atoms with Crippen LogP contribution in [0.1, 0.15) is 22.3 Å². The van der Waals surface area contributed by atoms with Gasteiger partial charge in [-0.15, -0.1) is 0 Å². The zero-order chi connectivity index (χ0) is 22.7. The number of aliphatic hydroxyl groups excluding tert-OH is 1. The van der Waals surface area contributed by atoms with Crippen molar-refractivity contribution < 1.29 is 18.7 Å². The first kappa shape index (κ1) is 21.6. The van der Waals surface area contributed by atoms with Gasteiger partial charge >= 0.3 is 5.91 Å². The van der Waals surface area contributed by atoms with Crippen LogP contribution < -0.4 is 10.6 Å². The van der Waals surface area contributed by atoms with E-state index in [0.29, 0.717) is 11.4 Å². The lowest BCUT2D eigenvalue weighted by Gasteiger charge is -2.15. The van der Waals surface area contributed by atoms with Gasteiger partial charge in [-0.2, -0.15) is 5.10 Å². The minimum atomic E-state index is -0.733. The van der Waals surface area contributed by atoms with Crippen molar-refractivity contribution in [2.24, 2.45) is 7.05 Å². The fourth-order valence-corrected chi connectivity index (χ4v) is 3.30. The van der Waals surface area contributed by atoms with Crippen LogP contribution in [-0.2, 0) is 7.05 Å². The average molecular weight is 502 g/mol. The Labute approximate surface area is 189 Å². The summed E-state index contributed by atoms with van der Waals surface area (Å²) in [5.41, 5.74) is 0.569. The van der Waals surface area contributed by atoms with Gasteiger partial charge in [0.15, 0.2) is 5.82 Å². The van der Waals surface area contributed by atoms with Crippen molar-refractivity contribution in [3.05, 3.63) is 70.7 Å². The summed E-state index contributed by atoms with van der Waals surface area (Å²) in [5, 5.41) is 19.3. The molecule has 1 aromatic carbocycles. The molecule has 0 fully saturated rings. The summed E-state index contributed by atoms with van der Waals surface area (Å²) in [6.45, 7) is -0.334. The maximum Gasteiger partial charge on any atom is 0.307 e. The molecule has 32 heavy (non-hydrogen) atoms. The molecule has 0 saturated carbocycles. The minimum Gasteiger partial charge on any atom is -0.440 e. The number of aromatic nitrogens is 5. The lowest BCUT2D eigenvalue weighted by molar-refractivity contribution is 0.0881. The van der Waals surface area contributed by atoms with Gasteiger partial charge < -0.3 is 20.2 Å². The Morgan fingerprint density at radius 1 is 1.34 bits per heavy atom. The molecule has 10 nitrogen and oxygen atoms in total. The number of carbonyl (C=O) groups is 1. The monoisotopic (exact) mass is 501 g/mol. The highest BCUT2D eigenvalue weighted by Crippen LogP contribution is 2.23. The molecule has 0 bridgehead atoms. The molecule has 0 spiro atoms. The second-order valence-electron chi connectivity index (χ2n) is 6.66. The quantitative estimate of drug-likeness (QED) is 0.352. The summed E-state index contributed by atoms with van der Waals surface area (Å²) < 4.78 is 22.0. The van der Waals surface area contributed by atoms with Crippen molar-refractivity contribution in [2.75, 3.05) is 11.9 Å². The van der Waals surface area contributed by atoms with E-state index in [4.69, 9.17) is 4.42 Å². The van der Waals surface area contributed by atoms with Crippen molar-refractivity contribution in [2.45, 2.75) is 6.04 Å². The molecule has 12 heteroatoms. The molecule has 164 valence electrons. The SMILES string of the molecule is Cn1nccc1Nc1ncc(F)c(-c2coc(C(=O)N[C@H](CO)c3cccc(Br)c3)n2)n1. The molecule has 0 aliphatic heterocycles. The molecule has 1 atom stereocenters. The van der Waals surface area contributed by atoms with Crippen LogP contribution in [0.2, 0.25) is 0 Å². The first-order valence-corrected chi connectivity index (χ1v) is 10.1. The fourth-order valence-electron chi connectivity index (χ4n) is 2.88. The van der Waals surface area contributed by atoms with Gasteiger partial charge in [0, 0.05) is 17.6 Å². The van der Waals surface area contributed by atoms with Crippen LogP contribution in [0, 0.1) is 5.82 Å². The van der Waals surface area contributed by atoms with Crippen LogP contribution >= 0.6 is 15.9 Å². The van der Waals surface area contributed by atoms with E-state index in [1.807, 2.05) is 6.07 Å². The van der Waals surface area contributed by atoms with Crippen molar-refractivity contribution >= 4 is 33.6 Å². The van der Waals surface area contributed by atoms with E-state index in [-0.39, 0.29) is 29.8 Å². The molecule has 1 amide bonds. The Bertz CT molecular complexity index is 1260. The van der Waals surface area contributed by atoms with E-state index in [1.165, 1.54) is 0 Å². The largest absolute Gasteiger partial charge is 0.440 e. The van der Waals surface area contributed by atoms with E-state index in [9.17, 15) is 14.3 Å². The first-order valence-electron chi connectivity index (χ1n) is 9.35. The normalized spacial score (nSPS) is 11.9. The van der Waals surface area contributed by atoms with Gasteiger partial charge in [0.05, 0.1) is 25.0 Å². The first-order chi connectivity index (χ1) is 15.4. The van der Waals surface area contributed by atoms with E-state index in [1.54, 1.807) is 42.2 Å². The lowest BCUT2D eigenvalue weighted by atomic mass is 10.1. The highest BCUT2D eigenvalue weighted by molar-refractivity contribution is 9.10. The molecule has 4 aromatic rings. The number of nitrogens with zero attached hydrogens (tertiary/aromatic N) is 5. The average Bonchev–Trinajstić information content (AvgIpc) is 3.43. The number of aliphatic hydroxyl groups is 1. The zero-order valence-corrected chi connectivity index (χ0v) is 18.2. The van der Waals surface area contributed by atoms with E-state index in [0.717, 1.165) is 16.9 Å². The van der Waals surface area contributed by atoms with E-state index >= 15 is 0 Å². The number of hydrogen-bond acceptors (Lipinski definition) is 8. The number of nitrogens with one attached hydrogen (secondary N) is 2. The minimum absolute atomic E-state index is 0.0195. The van der Waals surface area contributed by atoms with Crippen molar-refractivity contribution in [1.29, 1.82) is 0 Å². The maximum absolute atomic E-state index is 14.4. The van der Waals surface area contributed by atoms with Crippen LogP contribution in [0.15, 0.2) is 57.9 Å². The van der Waals surface area contributed by atoms with Crippen molar-refractivity contribution in [3.8, 4) is 11.4 Å². The third-order valence-corrected chi connectivity index (χ3v) is 4.98. The Balaban J connectivity index is 1.53. The number of hydrogen-bond donors (Lipinski definition) is 3. The molecule has 0 saturated heterocycles. The van der Waals surface area contributed by atoms with Gasteiger partial charge in [0.2, 0.25) is 5.95 Å². The predicted octanol–water partition coefficient (Wildman–Crippen LogP) is 2.97. The van der Waals surface area contributed by atoms with Gasteiger partial charge in [-0.05, 0) is 17.7 Å².